The van der Waals surface area contributed by atoms with Crippen LogP contribution in [0.3, 0.4) is 0 Å². The molecule has 1 amide bonds. The van der Waals surface area contributed by atoms with Gasteiger partial charge in [-0.3, -0.25) is 9.36 Å². The summed E-state index contributed by atoms with van der Waals surface area (Å²) >= 11 is 0. The maximum absolute atomic E-state index is 12.2. The maximum atomic E-state index is 12.2. The quantitative estimate of drug-likeness (QED) is 0.735. The number of hydrogen-bond acceptors (Lipinski definition) is 5. The van der Waals surface area contributed by atoms with Gasteiger partial charge in [-0.1, -0.05) is 6.07 Å². The first-order valence-electron chi connectivity index (χ1n) is 7.54. The Kier molecular flexibility index (Phi) is 4.38. The molecule has 0 unspecified atom stereocenters. The first-order chi connectivity index (χ1) is 12.0. The molecule has 1 aromatic heterocycles. The van der Waals surface area contributed by atoms with Crippen LogP contribution in [0.25, 0.3) is 11.1 Å². The Morgan fingerprint density at radius 1 is 1.16 bits per heavy atom. The van der Waals surface area contributed by atoms with Gasteiger partial charge in [0.2, 0.25) is 5.91 Å². The Bertz CT molecular complexity index is 998. The van der Waals surface area contributed by atoms with Gasteiger partial charge in [-0.25, -0.2) is 9.59 Å². The first kappa shape index (κ1) is 16.5. The van der Waals surface area contributed by atoms with Crippen molar-refractivity contribution in [1.82, 2.24) is 4.57 Å². The van der Waals surface area contributed by atoms with E-state index < -0.39 is 11.7 Å². The Balaban J connectivity index is 1.71. The topological polar surface area (TPSA) is 90.5 Å². The second kappa shape index (κ2) is 6.64. The van der Waals surface area contributed by atoms with E-state index in [4.69, 9.17) is 4.42 Å². The average molecular weight is 340 g/mol. The highest BCUT2D eigenvalue weighted by Gasteiger charge is 2.10. The molecule has 25 heavy (non-hydrogen) atoms. The second-order valence-electron chi connectivity index (χ2n) is 5.52. The number of fused-ring (bicyclic) bond motifs is 1. The van der Waals surface area contributed by atoms with Crippen LogP contribution < -0.4 is 11.1 Å². The fraction of sp³-hybridized carbons (Fsp3) is 0.167. The third-order valence-corrected chi connectivity index (χ3v) is 3.81. The van der Waals surface area contributed by atoms with E-state index in [1.54, 1.807) is 49.5 Å². The van der Waals surface area contributed by atoms with Crippen LogP contribution in [-0.2, 0) is 23.0 Å². The van der Waals surface area contributed by atoms with Gasteiger partial charge in [-0.05, 0) is 42.0 Å². The van der Waals surface area contributed by atoms with Crippen LogP contribution in [0.2, 0.25) is 0 Å². The maximum Gasteiger partial charge on any atom is 0.419 e. The van der Waals surface area contributed by atoms with Crippen molar-refractivity contribution < 1.29 is 18.7 Å². The predicted molar refractivity (Wildman–Crippen MR) is 91.6 cm³/mol. The number of carbonyl (C=O) groups excluding carboxylic acids is 2. The van der Waals surface area contributed by atoms with E-state index in [1.807, 2.05) is 0 Å². The van der Waals surface area contributed by atoms with Crippen LogP contribution in [0.15, 0.2) is 51.7 Å². The number of carbonyl (C=O) groups is 2. The smallest absolute Gasteiger partial charge is 0.419 e. The van der Waals surface area contributed by atoms with Crippen molar-refractivity contribution in [3.63, 3.8) is 0 Å². The second-order valence-corrected chi connectivity index (χ2v) is 5.52. The minimum atomic E-state index is -0.442. The standard InChI is InChI=1S/C18H16N2O5/c1-20-14-9-11(3-8-15(14)25-18(20)23)10-16(21)19-13-6-4-12(5-7-13)17(22)24-2/h3-9H,10H2,1-2H3,(H,19,21). The number of oxazole rings is 1. The number of rotatable bonds is 4. The van der Waals surface area contributed by atoms with E-state index in [1.165, 1.54) is 11.7 Å². The molecule has 0 fully saturated rings. The van der Waals surface area contributed by atoms with Gasteiger partial charge in [-0.15, -0.1) is 0 Å². The summed E-state index contributed by atoms with van der Waals surface area (Å²) in [6.45, 7) is 0. The van der Waals surface area contributed by atoms with Gasteiger partial charge >= 0.3 is 11.7 Å². The van der Waals surface area contributed by atoms with Crippen molar-refractivity contribution in [1.29, 1.82) is 0 Å². The van der Waals surface area contributed by atoms with Gasteiger partial charge in [0.1, 0.15) is 0 Å². The zero-order chi connectivity index (χ0) is 18.0. The number of aryl methyl sites for hydroxylation is 1. The summed E-state index contributed by atoms with van der Waals surface area (Å²) in [6, 6.07) is 11.6. The highest BCUT2D eigenvalue weighted by Crippen LogP contribution is 2.16. The van der Waals surface area contributed by atoms with Crippen LogP contribution in [0, 0.1) is 0 Å². The van der Waals surface area contributed by atoms with Crippen molar-refractivity contribution in [2.24, 2.45) is 7.05 Å². The molecule has 2 aromatic carbocycles. The Hall–Kier alpha value is -3.35. The largest absolute Gasteiger partial charge is 0.465 e. The van der Waals surface area contributed by atoms with E-state index in [0.29, 0.717) is 22.4 Å². The van der Waals surface area contributed by atoms with Crippen molar-refractivity contribution in [3.05, 3.63) is 64.1 Å². The monoisotopic (exact) mass is 340 g/mol. The normalized spacial score (nSPS) is 10.6. The lowest BCUT2D eigenvalue weighted by Gasteiger charge is -2.06. The molecule has 0 spiro atoms. The fourth-order valence-electron chi connectivity index (χ4n) is 2.48. The number of benzene rings is 2. The summed E-state index contributed by atoms with van der Waals surface area (Å²) in [5, 5.41) is 2.76. The van der Waals surface area contributed by atoms with Gasteiger partial charge in [-0.2, -0.15) is 0 Å². The number of amides is 1. The number of nitrogens with one attached hydrogen (secondary N) is 1. The van der Waals surface area contributed by atoms with E-state index in [9.17, 15) is 14.4 Å². The molecule has 0 saturated carbocycles. The number of esters is 1. The van der Waals surface area contributed by atoms with Gasteiger partial charge < -0.3 is 14.5 Å². The molecule has 0 bridgehead atoms. The molecule has 0 aliphatic carbocycles. The molecular formula is C18H16N2O5. The molecule has 0 atom stereocenters. The lowest BCUT2D eigenvalue weighted by molar-refractivity contribution is -0.115. The minimum Gasteiger partial charge on any atom is -0.465 e. The fourth-order valence-corrected chi connectivity index (χ4v) is 2.48. The summed E-state index contributed by atoms with van der Waals surface area (Å²) in [5.41, 5.74) is 2.86. The third-order valence-electron chi connectivity index (χ3n) is 3.81. The van der Waals surface area contributed by atoms with Crippen LogP contribution in [0.1, 0.15) is 15.9 Å². The van der Waals surface area contributed by atoms with Gasteiger partial charge in [0.15, 0.2) is 5.58 Å². The molecular weight excluding hydrogens is 324 g/mol. The average Bonchev–Trinajstić information content (AvgIpc) is 2.89. The molecule has 0 radical (unpaired) electrons. The van der Waals surface area contributed by atoms with Gasteiger partial charge in [0.25, 0.3) is 0 Å². The Morgan fingerprint density at radius 2 is 1.88 bits per heavy atom. The van der Waals surface area contributed by atoms with Crippen LogP contribution >= 0.6 is 0 Å². The SMILES string of the molecule is COC(=O)c1ccc(NC(=O)Cc2ccc3oc(=O)n(C)c3c2)cc1. The molecule has 7 nitrogen and oxygen atoms in total. The van der Waals surface area contributed by atoms with Gasteiger partial charge in [0.05, 0.1) is 24.6 Å². The first-order valence-corrected chi connectivity index (χ1v) is 7.54. The molecule has 0 saturated heterocycles. The van der Waals surface area contributed by atoms with E-state index in [0.717, 1.165) is 5.56 Å². The summed E-state index contributed by atoms with van der Waals surface area (Å²) in [5.74, 6) is -1.09. The van der Waals surface area contributed by atoms with Crippen molar-refractivity contribution >= 4 is 28.7 Å². The number of ether oxygens (including phenoxy) is 1. The van der Waals surface area contributed by atoms with Crippen LogP contribution in [0.4, 0.5) is 5.69 Å². The van der Waals surface area contributed by atoms with Crippen LogP contribution in [-0.4, -0.2) is 23.6 Å². The number of methoxy groups -OCH3 is 1. The number of anilines is 1. The van der Waals surface area contributed by atoms with E-state index in [2.05, 4.69) is 10.1 Å². The lowest BCUT2D eigenvalue weighted by atomic mass is 10.1. The molecule has 1 N–H and O–H groups in total. The summed E-state index contributed by atoms with van der Waals surface area (Å²) < 4.78 is 11.1. The van der Waals surface area contributed by atoms with Crippen LogP contribution in [0.5, 0.6) is 0 Å². The molecule has 7 heteroatoms. The number of hydrogen-bond donors (Lipinski definition) is 1. The lowest BCUT2D eigenvalue weighted by Crippen LogP contribution is -2.14. The predicted octanol–water partition coefficient (Wildman–Crippen LogP) is 2.10. The molecule has 128 valence electrons. The Morgan fingerprint density at radius 3 is 2.56 bits per heavy atom. The zero-order valence-corrected chi connectivity index (χ0v) is 13.7. The summed E-state index contributed by atoms with van der Waals surface area (Å²) in [7, 11) is 2.92. The van der Waals surface area contributed by atoms with Gasteiger partial charge in [0, 0.05) is 12.7 Å². The molecule has 3 aromatic rings. The van der Waals surface area contributed by atoms with E-state index >= 15 is 0 Å². The highest BCUT2D eigenvalue weighted by atomic mass is 16.5. The molecule has 1 heterocycles. The molecule has 3 rings (SSSR count). The zero-order valence-electron chi connectivity index (χ0n) is 13.7. The summed E-state index contributed by atoms with van der Waals surface area (Å²) in [4.78, 5) is 35.1. The molecule has 0 aliphatic heterocycles. The van der Waals surface area contributed by atoms with Crippen molar-refractivity contribution in [3.8, 4) is 0 Å². The summed E-state index contributed by atoms with van der Waals surface area (Å²) in [6.07, 6.45) is 0.147. The molecule has 0 aliphatic rings. The van der Waals surface area contributed by atoms with Crippen molar-refractivity contribution in [2.75, 3.05) is 12.4 Å². The minimum absolute atomic E-state index is 0.147. The number of nitrogens with zero attached hydrogens (tertiary/aromatic N) is 1. The third kappa shape index (κ3) is 3.45. The van der Waals surface area contributed by atoms with E-state index in [-0.39, 0.29) is 12.3 Å². The van der Waals surface area contributed by atoms with Crippen molar-refractivity contribution in [2.45, 2.75) is 6.42 Å². The number of aromatic nitrogens is 1. The Labute approximate surface area is 142 Å². The highest BCUT2D eigenvalue weighted by molar-refractivity contribution is 5.94.